The molecule has 2 aromatic rings. The number of alkyl carbamates (subject to hydrolysis) is 1. The van der Waals surface area contributed by atoms with Crippen LogP contribution in [0, 0.1) is 0 Å². The summed E-state index contributed by atoms with van der Waals surface area (Å²) in [5.74, 6) is 0. The molecule has 0 radical (unpaired) electrons. The molecule has 0 aromatic heterocycles. The van der Waals surface area contributed by atoms with Gasteiger partial charge in [-0.15, -0.1) is 0 Å². The monoisotopic (exact) mass is 425 g/mol. The fourth-order valence-corrected chi connectivity index (χ4v) is 6.68. The van der Waals surface area contributed by atoms with E-state index in [1.165, 1.54) is 48.5 Å². The second-order valence-corrected chi connectivity index (χ2v) is 11.6. The van der Waals surface area contributed by atoms with E-state index in [-0.39, 0.29) is 9.79 Å². The summed E-state index contributed by atoms with van der Waals surface area (Å²) < 4.78 is 55.5. The average Bonchev–Trinajstić information content (AvgIpc) is 2.61. The highest BCUT2D eigenvalue weighted by atomic mass is 32.3. The van der Waals surface area contributed by atoms with Crippen molar-refractivity contribution in [3.05, 3.63) is 60.7 Å². The van der Waals surface area contributed by atoms with Crippen molar-refractivity contribution in [2.24, 2.45) is 0 Å². The van der Waals surface area contributed by atoms with Crippen LogP contribution >= 0.6 is 0 Å². The molecule has 2 rings (SSSR count). The molecule has 152 valence electrons. The molecule has 0 aliphatic heterocycles. The van der Waals surface area contributed by atoms with Gasteiger partial charge in [-0.3, -0.25) is 0 Å². The van der Waals surface area contributed by atoms with Crippen LogP contribution in [0.1, 0.15) is 20.8 Å². The highest BCUT2D eigenvalue weighted by Gasteiger charge is 2.40. The first-order valence-electron chi connectivity index (χ1n) is 8.49. The van der Waals surface area contributed by atoms with Gasteiger partial charge in [0.15, 0.2) is 24.3 Å². The third-order valence-corrected chi connectivity index (χ3v) is 8.74. The standard InChI is InChI=1S/C19H23NO6S2/c1-19(2,3)26-18(21)20-14-17(27(22,23)15-10-6-4-7-11-15)28(24,25)16-12-8-5-9-13-16/h4-13,17H,14H2,1-3H3,(H,20,21). The van der Waals surface area contributed by atoms with Crippen molar-refractivity contribution in [3.63, 3.8) is 0 Å². The van der Waals surface area contributed by atoms with Gasteiger partial charge in [0.2, 0.25) is 0 Å². The lowest BCUT2D eigenvalue weighted by atomic mass is 10.2. The number of amides is 1. The Bertz CT molecular complexity index is 942. The normalized spacial score (nSPS) is 12.6. The molecule has 0 spiro atoms. The Kier molecular flexibility index (Phi) is 6.51. The Morgan fingerprint density at radius 1 is 0.857 bits per heavy atom. The summed E-state index contributed by atoms with van der Waals surface area (Å²) in [4.78, 5) is 11.7. The van der Waals surface area contributed by atoms with Crippen molar-refractivity contribution >= 4 is 25.8 Å². The molecular weight excluding hydrogens is 402 g/mol. The molecule has 9 heteroatoms. The Balaban J connectivity index is 2.43. The summed E-state index contributed by atoms with van der Waals surface area (Å²) in [5, 5.41) is 2.27. The van der Waals surface area contributed by atoms with Crippen LogP contribution in [-0.4, -0.2) is 39.7 Å². The summed E-state index contributed by atoms with van der Waals surface area (Å²) in [5.41, 5.74) is -0.809. The minimum Gasteiger partial charge on any atom is -0.444 e. The Labute approximate surface area is 165 Å². The fraction of sp³-hybridized carbons (Fsp3) is 0.316. The van der Waals surface area contributed by atoms with Gasteiger partial charge >= 0.3 is 6.09 Å². The molecule has 1 N–H and O–H groups in total. The SMILES string of the molecule is CC(C)(C)OC(=O)NCC(S(=O)(=O)c1ccccc1)S(=O)(=O)c1ccccc1. The highest BCUT2D eigenvalue weighted by molar-refractivity contribution is 8.09. The summed E-state index contributed by atoms with van der Waals surface area (Å²) in [6, 6.07) is 14.5. The van der Waals surface area contributed by atoms with Crippen LogP contribution in [0.15, 0.2) is 70.5 Å². The largest absolute Gasteiger partial charge is 0.444 e. The predicted molar refractivity (Wildman–Crippen MR) is 105 cm³/mol. The molecule has 28 heavy (non-hydrogen) atoms. The van der Waals surface area contributed by atoms with E-state index >= 15 is 0 Å². The minimum atomic E-state index is -4.30. The summed E-state index contributed by atoms with van der Waals surface area (Å²) >= 11 is 0. The number of rotatable bonds is 6. The van der Waals surface area contributed by atoms with E-state index < -0.39 is 42.5 Å². The van der Waals surface area contributed by atoms with E-state index in [9.17, 15) is 21.6 Å². The van der Waals surface area contributed by atoms with E-state index in [1.807, 2.05) is 0 Å². The molecule has 1 amide bonds. The lowest BCUT2D eigenvalue weighted by Gasteiger charge is -2.22. The lowest BCUT2D eigenvalue weighted by molar-refractivity contribution is 0.0530. The zero-order chi connectivity index (χ0) is 21.0. The van der Waals surface area contributed by atoms with Gasteiger partial charge in [-0.1, -0.05) is 36.4 Å². The van der Waals surface area contributed by atoms with Gasteiger partial charge in [0, 0.05) is 0 Å². The number of sulfone groups is 2. The number of nitrogens with one attached hydrogen (secondary N) is 1. The van der Waals surface area contributed by atoms with Crippen molar-refractivity contribution in [2.45, 2.75) is 40.7 Å². The molecule has 0 saturated carbocycles. The predicted octanol–water partition coefficient (Wildman–Crippen LogP) is 2.79. The van der Waals surface area contributed by atoms with Gasteiger partial charge in [0.25, 0.3) is 0 Å². The Hall–Kier alpha value is -2.39. The van der Waals surface area contributed by atoms with Crippen LogP contribution in [0.4, 0.5) is 4.79 Å². The van der Waals surface area contributed by atoms with Gasteiger partial charge in [0.1, 0.15) is 5.60 Å². The molecule has 0 atom stereocenters. The van der Waals surface area contributed by atoms with Crippen molar-refractivity contribution in [1.82, 2.24) is 5.32 Å². The number of hydrogen-bond acceptors (Lipinski definition) is 6. The molecule has 0 saturated heterocycles. The zero-order valence-electron chi connectivity index (χ0n) is 15.8. The molecule has 0 fully saturated rings. The van der Waals surface area contributed by atoms with Crippen LogP contribution in [0.3, 0.4) is 0 Å². The van der Waals surface area contributed by atoms with Crippen LogP contribution in [0.25, 0.3) is 0 Å². The van der Waals surface area contributed by atoms with Crippen molar-refractivity contribution in [3.8, 4) is 0 Å². The number of carbonyl (C=O) groups excluding carboxylic acids is 1. The lowest BCUT2D eigenvalue weighted by Crippen LogP contribution is -2.43. The first-order chi connectivity index (χ1) is 12.9. The van der Waals surface area contributed by atoms with Gasteiger partial charge in [-0.25, -0.2) is 21.6 Å². The summed E-state index contributed by atoms with van der Waals surface area (Å²) in [6.07, 6.45) is -0.899. The molecule has 0 aliphatic carbocycles. The van der Waals surface area contributed by atoms with E-state index in [0.29, 0.717) is 0 Å². The zero-order valence-corrected chi connectivity index (χ0v) is 17.5. The number of hydrogen-bond donors (Lipinski definition) is 1. The Morgan fingerprint density at radius 2 is 1.25 bits per heavy atom. The van der Waals surface area contributed by atoms with E-state index in [2.05, 4.69) is 5.32 Å². The molecule has 0 unspecified atom stereocenters. The number of benzene rings is 2. The highest BCUT2D eigenvalue weighted by Crippen LogP contribution is 2.25. The van der Waals surface area contributed by atoms with Crippen LogP contribution in [-0.2, 0) is 24.4 Å². The maximum absolute atomic E-state index is 13.1. The van der Waals surface area contributed by atoms with E-state index in [1.54, 1.807) is 32.9 Å². The van der Waals surface area contributed by atoms with Gasteiger partial charge in [-0.05, 0) is 45.0 Å². The van der Waals surface area contributed by atoms with E-state index in [4.69, 9.17) is 4.74 Å². The van der Waals surface area contributed by atoms with E-state index in [0.717, 1.165) is 0 Å². The van der Waals surface area contributed by atoms with Crippen LogP contribution in [0.2, 0.25) is 0 Å². The maximum Gasteiger partial charge on any atom is 0.407 e. The fourth-order valence-electron chi connectivity index (χ4n) is 2.39. The topological polar surface area (TPSA) is 107 Å². The quantitative estimate of drug-likeness (QED) is 0.763. The second-order valence-electron chi connectivity index (χ2n) is 7.03. The molecular formula is C19H23NO6S2. The van der Waals surface area contributed by atoms with Crippen molar-refractivity contribution in [2.75, 3.05) is 6.54 Å². The summed E-state index contributed by atoms with van der Waals surface area (Å²) in [6.45, 7) is 4.28. The summed E-state index contributed by atoms with van der Waals surface area (Å²) in [7, 11) is -8.61. The second kappa shape index (κ2) is 8.32. The van der Waals surface area contributed by atoms with Crippen LogP contribution < -0.4 is 5.32 Å². The maximum atomic E-state index is 13.1. The first kappa shape index (κ1) is 21.9. The molecule has 7 nitrogen and oxygen atoms in total. The molecule has 0 aliphatic rings. The number of ether oxygens (including phenoxy) is 1. The van der Waals surface area contributed by atoms with Gasteiger partial charge in [-0.2, -0.15) is 0 Å². The number of carbonyl (C=O) groups is 1. The van der Waals surface area contributed by atoms with Crippen molar-refractivity contribution in [1.29, 1.82) is 0 Å². The molecule has 2 aromatic carbocycles. The van der Waals surface area contributed by atoms with Gasteiger partial charge in [0.05, 0.1) is 16.3 Å². The minimum absolute atomic E-state index is 0.148. The molecule has 0 heterocycles. The average molecular weight is 426 g/mol. The van der Waals surface area contributed by atoms with Crippen LogP contribution in [0.5, 0.6) is 0 Å². The smallest absolute Gasteiger partial charge is 0.407 e. The van der Waals surface area contributed by atoms with Crippen molar-refractivity contribution < 1.29 is 26.4 Å². The first-order valence-corrected chi connectivity index (χ1v) is 11.6. The third-order valence-electron chi connectivity index (χ3n) is 3.65. The van der Waals surface area contributed by atoms with Gasteiger partial charge < -0.3 is 10.1 Å². The third kappa shape index (κ3) is 5.32. The molecule has 0 bridgehead atoms. The Morgan fingerprint density at radius 3 is 1.61 bits per heavy atom.